The number of halogens is 1. The van der Waals surface area contributed by atoms with E-state index in [1.54, 1.807) is 0 Å². The Hall–Kier alpha value is -2.77. The fourth-order valence-electron chi connectivity index (χ4n) is 5.15. The SMILES string of the molecule is BrP(Cc1ccc2sc3ccccc3c2c1)(c1ccccc1)(c1ccccc1)c1ccccc1. The summed E-state index contributed by atoms with van der Waals surface area (Å²) >= 11 is 6.47. The monoisotopic (exact) mass is 538 g/mol. The van der Waals surface area contributed by atoms with Crippen LogP contribution in [0.5, 0.6) is 0 Å². The molecule has 0 saturated carbocycles. The van der Waals surface area contributed by atoms with Crippen molar-refractivity contribution in [3.05, 3.63) is 139 Å². The van der Waals surface area contributed by atoms with Crippen LogP contribution in [0.25, 0.3) is 20.2 Å². The van der Waals surface area contributed by atoms with Gasteiger partial charge in [0.15, 0.2) is 0 Å². The van der Waals surface area contributed by atoms with E-state index in [1.165, 1.54) is 41.6 Å². The molecule has 0 spiro atoms. The predicted molar refractivity (Wildman–Crippen MR) is 157 cm³/mol. The summed E-state index contributed by atoms with van der Waals surface area (Å²) in [4.78, 5) is 0. The van der Waals surface area contributed by atoms with Gasteiger partial charge in [-0.25, -0.2) is 0 Å². The van der Waals surface area contributed by atoms with Gasteiger partial charge >= 0.3 is 213 Å². The number of rotatable bonds is 5. The van der Waals surface area contributed by atoms with Crippen molar-refractivity contribution >= 4 is 68.2 Å². The molecule has 6 rings (SSSR count). The van der Waals surface area contributed by atoms with Crippen molar-refractivity contribution in [2.75, 3.05) is 0 Å². The molecule has 0 aliphatic rings. The Bertz CT molecular complexity index is 1490. The molecule has 5 aromatic carbocycles. The summed E-state index contributed by atoms with van der Waals surface area (Å²) in [6, 6.07) is 48.9. The molecule has 0 nitrogen and oxygen atoms in total. The van der Waals surface area contributed by atoms with Gasteiger partial charge in [0.1, 0.15) is 0 Å². The Kier molecular flexibility index (Phi) is 5.41. The average molecular weight is 539 g/mol. The van der Waals surface area contributed by atoms with Crippen LogP contribution in [0.3, 0.4) is 0 Å². The van der Waals surface area contributed by atoms with Gasteiger partial charge in [-0.3, -0.25) is 0 Å². The van der Waals surface area contributed by atoms with E-state index in [0.29, 0.717) is 0 Å². The van der Waals surface area contributed by atoms with Crippen LogP contribution in [0.15, 0.2) is 133 Å². The molecule has 34 heavy (non-hydrogen) atoms. The van der Waals surface area contributed by atoms with Crippen molar-refractivity contribution in [2.45, 2.75) is 6.16 Å². The molecule has 0 aliphatic carbocycles. The van der Waals surface area contributed by atoms with Crippen LogP contribution in [0.4, 0.5) is 0 Å². The van der Waals surface area contributed by atoms with E-state index in [4.69, 9.17) is 0 Å². The van der Waals surface area contributed by atoms with Crippen LogP contribution in [-0.4, -0.2) is 0 Å². The standard InChI is InChI=1S/C31H24BrPS/c32-33(25-12-4-1-5-13-25,26-14-6-2-7-15-26,27-16-8-3-9-17-27)23-24-20-21-31-29(22-24)28-18-10-11-19-30(28)34-31/h1-22H,23H2. The third-order valence-electron chi connectivity index (χ3n) is 6.80. The van der Waals surface area contributed by atoms with Gasteiger partial charge in [-0.1, -0.05) is 0 Å². The van der Waals surface area contributed by atoms with Gasteiger partial charge in [-0.05, 0) is 0 Å². The van der Waals surface area contributed by atoms with Crippen LogP contribution < -0.4 is 15.9 Å². The van der Waals surface area contributed by atoms with Crippen molar-refractivity contribution in [2.24, 2.45) is 0 Å². The minimum atomic E-state index is -3.00. The summed E-state index contributed by atoms with van der Waals surface area (Å²) in [5.74, 6) is 0. The molecule has 0 N–H and O–H groups in total. The Labute approximate surface area is 212 Å². The molecule has 166 valence electrons. The van der Waals surface area contributed by atoms with Gasteiger partial charge in [0.25, 0.3) is 0 Å². The third kappa shape index (κ3) is 3.36. The summed E-state index contributed by atoms with van der Waals surface area (Å²) in [7, 11) is 0. The molecule has 6 aromatic rings. The molecule has 0 saturated heterocycles. The Morgan fingerprint density at radius 1 is 0.500 bits per heavy atom. The molecule has 0 radical (unpaired) electrons. The van der Waals surface area contributed by atoms with E-state index < -0.39 is 5.31 Å². The number of fused-ring (bicyclic) bond motifs is 3. The Balaban J connectivity index is 1.66. The van der Waals surface area contributed by atoms with Gasteiger partial charge in [-0.2, -0.15) is 0 Å². The van der Waals surface area contributed by atoms with Gasteiger partial charge < -0.3 is 0 Å². The predicted octanol–water partition coefficient (Wildman–Crippen LogP) is 8.39. The first-order valence-corrected chi connectivity index (χ1v) is 16.7. The molecule has 1 heterocycles. The van der Waals surface area contributed by atoms with Crippen molar-refractivity contribution in [3.63, 3.8) is 0 Å². The molecular weight excluding hydrogens is 515 g/mol. The minimum absolute atomic E-state index is 0.907. The van der Waals surface area contributed by atoms with Crippen LogP contribution in [0.2, 0.25) is 0 Å². The first-order chi connectivity index (χ1) is 16.7. The first kappa shape index (κ1) is 21.7. The second-order valence-corrected chi connectivity index (χ2v) is 18.8. The molecule has 0 fully saturated rings. The first-order valence-electron chi connectivity index (χ1n) is 11.5. The van der Waals surface area contributed by atoms with Crippen molar-refractivity contribution in [3.8, 4) is 0 Å². The zero-order chi connectivity index (χ0) is 23.0. The van der Waals surface area contributed by atoms with Gasteiger partial charge in [0, 0.05) is 0 Å². The fraction of sp³-hybridized carbons (Fsp3) is 0.0323. The number of benzene rings is 5. The second-order valence-electron chi connectivity index (χ2n) is 8.78. The molecule has 0 bridgehead atoms. The van der Waals surface area contributed by atoms with E-state index in [0.717, 1.165) is 6.16 Å². The van der Waals surface area contributed by atoms with Crippen LogP contribution in [0, 0.1) is 0 Å². The summed E-state index contributed by atoms with van der Waals surface area (Å²) in [6.45, 7) is 0. The van der Waals surface area contributed by atoms with E-state index >= 15 is 0 Å². The zero-order valence-corrected chi connectivity index (χ0v) is 21.9. The molecule has 3 heteroatoms. The van der Waals surface area contributed by atoms with Gasteiger partial charge in [-0.15, -0.1) is 0 Å². The van der Waals surface area contributed by atoms with Crippen LogP contribution >= 0.6 is 32.1 Å². The van der Waals surface area contributed by atoms with Gasteiger partial charge in [0.05, 0.1) is 0 Å². The van der Waals surface area contributed by atoms with Crippen LogP contribution in [-0.2, 0) is 6.16 Å². The van der Waals surface area contributed by atoms with E-state index in [-0.39, 0.29) is 0 Å². The summed E-state index contributed by atoms with van der Waals surface area (Å²) in [6.07, 6.45) is 0.907. The summed E-state index contributed by atoms with van der Waals surface area (Å²) in [5, 5.41) is 3.74. The summed E-state index contributed by atoms with van der Waals surface area (Å²) < 4.78 is 2.69. The third-order valence-corrected chi connectivity index (χ3v) is 17.5. The maximum absolute atomic E-state index is 4.59. The number of hydrogen-bond acceptors (Lipinski definition) is 1. The molecule has 0 atom stereocenters. The van der Waals surface area contributed by atoms with E-state index in [9.17, 15) is 0 Å². The van der Waals surface area contributed by atoms with Crippen molar-refractivity contribution < 1.29 is 0 Å². The molecule has 0 aliphatic heterocycles. The quantitative estimate of drug-likeness (QED) is 0.193. The topological polar surface area (TPSA) is 0 Å². The molecule has 1 aromatic heterocycles. The maximum atomic E-state index is 4.59. The number of hydrogen-bond donors (Lipinski definition) is 0. The van der Waals surface area contributed by atoms with Crippen LogP contribution in [0.1, 0.15) is 5.56 Å². The summed E-state index contributed by atoms with van der Waals surface area (Å²) in [5.41, 5.74) is 1.35. The Morgan fingerprint density at radius 3 is 1.53 bits per heavy atom. The fourth-order valence-corrected chi connectivity index (χ4v) is 13.9. The average Bonchev–Trinajstić information content (AvgIpc) is 3.28. The van der Waals surface area contributed by atoms with E-state index in [2.05, 4.69) is 149 Å². The Morgan fingerprint density at radius 2 is 0.971 bits per heavy atom. The van der Waals surface area contributed by atoms with Crippen molar-refractivity contribution in [1.29, 1.82) is 0 Å². The van der Waals surface area contributed by atoms with Crippen molar-refractivity contribution in [1.82, 2.24) is 0 Å². The zero-order valence-electron chi connectivity index (χ0n) is 18.6. The van der Waals surface area contributed by atoms with Gasteiger partial charge in [0.2, 0.25) is 0 Å². The van der Waals surface area contributed by atoms with E-state index in [1.807, 2.05) is 11.3 Å². The molecule has 0 unspecified atom stereocenters. The molecule has 0 amide bonds. The second kappa shape index (κ2) is 8.47. The molecular formula is C31H24BrPS. The normalized spacial score (nSPS) is 13.0. The number of thiophene rings is 1.